The minimum atomic E-state index is 0.214. The van der Waals surface area contributed by atoms with Crippen LogP contribution in [0.2, 0.25) is 0 Å². The number of nitrogens with zero attached hydrogens (tertiary/aromatic N) is 2. The fourth-order valence-corrected chi connectivity index (χ4v) is 5.04. The van der Waals surface area contributed by atoms with E-state index in [0.717, 1.165) is 25.4 Å². The summed E-state index contributed by atoms with van der Waals surface area (Å²) >= 11 is 0. The van der Waals surface area contributed by atoms with Gasteiger partial charge in [0.15, 0.2) is 0 Å². The number of likely N-dealkylation sites (tertiary alicyclic amines) is 1. The van der Waals surface area contributed by atoms with Gasteiger partial charge in [-0.05, 0) is 70.2 Å². The van der Waals surface area contributed by atoms with E-state index in [1.165, 1.54) is 62.0 Å². The van der Waals surface area contributed by atoms with E-state index in [2.05, 4.69) is 34.9 Å². The number of benzene rings is 1. The van der Waals surface area contributed by atoms with E-state index in [-0.39, 0.29) is 5.41 Å². The molecule has 2 heterocycles. The predicted octanol–water partition coefficient (Wildman–Crippen LogP) is 3.64. The molecule has 1 saturated heterocycles. The van der Waals surface area contributed by atoms with Crippen molar-refractivity contribution in [2.45, 2.75) is 63.3 Å². The lowest BCUT2D eigenvalue weighted by atomic mass is 9.74. The quantitative estimate of drug-likeness (QED) is 0.829. The molecule has 2 saturated carbocycles. The van der Waals surface area contributed by atoms with E-state index in [4.69, 9.17) is 0 Å². The van der Waals surface area contributed by atoms with E-state index < -0.39 is 0 Å². The van der Waals surface area contributed by atoms with Gasteiger partial charge in [0.25, 0.3) is 0 Å². The maximum absolute atomic E-state index is 13.0. The summed E-state index contributed by atoms with van der Waals surface area (Å²) in [6.45, 7) is 5.54. The average molecular weight is 324 g/mol. The number of piperidine rings is 1. The number of rotatable bonds is 2. The first-order chi connectivity index (χ1) is 11.7. The molecule has 0 radical (unpaired) electrons. The second kappa shape index (κ2) is 5.32. The van der Waals surface area contributed by atoms with Crippen molar-refractivity contribution in [2.24, 2.45) is 5.92 Å². The van der Waals surface area contributed by atoms with Crippen molar-refractivity contribution in [3.63, 3.8) is 0 Å². The van der Waals surface area contributed by atoms with Crippen LogP contribution in [0.15, 0.2) is 18.2 Å². The van der Waals surface area contributed by atoms with Crippen LogP contribution in [0.5, 0.6) is 0 Å². The molecule has 3 nitrogen and oxygen atoms in total. The monoisotopic (exact) mass is 324 g/mol. The molecule has 128 valence electrons. The number of hydrogen-bond donors (Lipinski definition) is 0. The molecular weight excluding hydrogens is 296 g/mol. The number of fused-ring (bicyclic) bond motifs is 2. The van der Waals surface area contributed by atoms with E-state index in [1.807, 2.05) is 0 Å². The number of carbonyl (C=O) groups is 1. The third-order valence-electron chi connectivity index (χ3n) is 7.01. The molecule has 0 bridgehead atoms. The van der Waals surface area contributed by atoms with Crippen molar-refractivity contribution < 1.29 is 4.79 Å². The fraction of sp³-hybridized carbons (Fsp3) is 0.667. The van der Waals surface area contributed by atoms with Crippen LogP contribution in [0, 0.1) is 12.8 Å². The largest absolute Gasteiger partial charge is 0.311 e. The van der Waals surface area contributed by atoms with Crippen molar-refractivity contribution in [2.75, 3.05) is 24.5 Å². The molecule has 1 aromatic rings. The second-order valence-corrected chi connectivity index (χ2v) is 8.62. The van der Waals surface area contributed by atoms with Gasteiger partial charge in [-0.3, -0.25) is 4.79 Å². The van der Waals surface area contributed by atoms with Gasteiger partial charge in [0, 0.05) is 29.6 Å². The predicted molar refractivity (Wildman–Crippen MR) is 96.4 cm³/mol. The van der Waals surface area contributed by atoms with Gasteiger partial charge in [0.05, 0.1) is 0 Å². The topological polar surface area (TPSA) is 23.6 Å². The van der Waals surface area contributed by atoms with Gasteiger partial charge < -0.3 is 9.80 Å². The van der Waals surface area contributed by atoms with E-state index in [9.17, 15) is 4.79 Å². The summed E-state index contributed by atoms with van der Waals surface area (Å²) in [6.07, 6.45) is 8.65. The Morgan fingerprint density at radius 3 is 2.50 bits per heavy atom. The maximum Gasteiger partial charge on any atom is 0.230 e. The number of anilines is 1. The first-order valence-corrected chi connectivity index (χ1v) is 9.83. The zero-order valence-corrected chi connectivity index (χ0v) is 14.8. The third kappa shape index (κ3) is 2.24. The standard InChI is InChI=1S/C21H28N2O/c1-15-5-8-19-18(13-15)21(9-11-22(12-10-21)17-6-7-17)14-23(19)20(24)16-3-2-4-16/h5,8,13,16-17H,2-4,6-7,9-12,14H2,1H3. The second-order valence-electron chi connectivity index (χ2n) is 8.62. The number of hydrogen-bond acceptors (Lipinski definition) is 2. The van der Waals surface area contributed by atoms with E-state index >= 15 is 0 Å². The van der Waals surface area contributed by atoms with E-state index in [0.29, 0.717) is 11.8 Å². The van der Waals surface area contributed by atoms with Gasteiger partial charge in [-0.15, -0.1) is 0 Å². The molecule has 4 aliphatic rings. The van der Waals surface area contributed by atoms with Crippen molar-refractivity contribution in [3.8, 4) is 0 Å². The Balaban J connectivity index is 1.46. The summed E-state index contributed by atoms with van der Waals surface area (Å²) < 4.78 is 0. The van der Waals surface area contributed by atoms with Gasteiger partial charge in [0.1, 0.15) is 0 Å². The fourth-order valence-electron chi connectivity index (χ4n) is 5.04. The Hall–Kier alpha value is -1.35. The zero-order valence-electron chi connectivity index (χ0n) is 14.8. The van der Waals surface area contributed by atoms with Crippen LogP contribution >= 0.6 is 0 Å². The molecule has 1 spiro atoms. The highest BCUT2D eigenvalue weighted by molar-refractivity contribution is 5.98. The van der Waals surface area contributed by atoms with Gasteiger partial charge in [0.2, 0.25) is 5.91 Å². The smallest absolute Gasteiger partial charge is 0.230 e. The summed E-state index contributed by atoms with van der Waals surface area (Å²) in [5, 5.41) is 0. The van der Waals surface area contributed by atoms with Crippen molar-refractivity contribution >= 4 is 11.6 Å². The van der Waals surface area contributed by atoms with Gasteiger partial charge in [-0.1, -0.05) is 24.1 Å². The van der Waals surface area contributed by atoms with Crippen molar-refractivity contribution in [1.29, 1.82) is 0 Å². The average Bonchev–Trinajstić information content (AvgIpc) is 3.32. The molecule has 1 amide bonds. The zero-order chi connectivity index (χ0) is 16.3. The van der Waals surface area contributed by atoms with Gasteiger partial charge in [-0.25, -0.2) is 0 Å². The highest BCUT2D eigenvalue weighted by Gasteiger charge is 2.48. The Kier molecular flexibility index (Phi) is 3.31. The van der Waals surface area contributed by atoms with Gasteiger partial charge >= 0.3 is 0 Å². The van der Waals surface area contributed by atoms with Crippen molar-refractivity contribution in [1.82, 2.24) is 4.90 Å². The molecule has 0 atom stereocenters. The minimum Gasteiger partial charge on any atom is -0.311 e. The van der Waals surface area contributed by atoms with Crippen molar-refractivity contribution in [3.05, 3.63) is 29.3 Å². The molecule has 0 unspecified atom stereocenters. The van der Waals surface area contributed by atoms with Crippen LogP contribution in [0.4, 0.5) is 5.69 Å². The van der Waals surface area contributed by atoms with Crippen LogP contribution in [0.25, 0.3) is 0 Å². The van der Waals surface area contributed by atoms with Crippen LogP contribution in [0.1, 0.15) is 56.1 Å². The summed E-state index contributed by atoms with van der Waals surface area (Å²) in [7, 11) is 0. The number of carbonyl (C=O) groups excluding carboxylic acids is 1. The lowest BCUT2D eigenvalue weighted by molar-refractivity contribution is -0.124. The number of amides is 1. The Bertz CT molecular complexity index is 666. The normalized spacial score (nSPS) is 26.5. The van der Waals surface area contributed by atoms with Crippen LogP contribution in [-0.2, 0) is 10.2 Å². The van der Waals surface area contributed by atoms with E-state index in [1.54, 1.807) is 0 Å². The van der Waals surface area contributed by atoms with Gasteiger partial charge in [-0.2, -0.15) is 0 Å². The molecule has 24 heavy (non-hydrogen) atoms. The highest BCUT2D eigenvalue weighted by atomic mass is 16.2. The summed E-state index contributed by atoms with van der Waals surface area (Å²) in [4.78, 5) is 17.8. The minimum absolute atomic E-state index is 0.214. The SMILES string of the molecule is Cc1ccc2c(c1)C1(CCN(C3CC3)CC1)CN2C(=O)C1CCC1. The molecule has 3 fully saturated rings. The summed E-state index contributed by atoms with van der Waals surface area (Å²) in [6, 6.07) is 7.63. The van der Waals surface area contributed by atoms with Crippen LogP contribution in [-0.4, -0.2) is 36.5 Å². The van der Waals surface area contributed by atoms with Crippen LogP contribution < -0.4 is 4.90 Å². The molecule has 0 aromatic heterocycles. The lowest BCUT2D eigenvalue weighted by Gasteiger charge is -2.40. The molecule has 3 heteroatoms. The summed E-state index contributed by atoms with van der Waals surface area (Å²) in [5.41, 5.74) is 4.23. The molecular formula is C21H28N2O. The number of aryl methyl sites for hydroxylation is 1. The Morgan fingerprint density at radius 1 is 1.12 bits per heavy atom. The first-order valence-electron chi connectivity index (χ1n) is 9.83. The Labute approximate surface area is 145 Å². The highest BCUT2D eigenvalue weighted by Crippen LogP contribution is 2.49. The maximum atomic E-state index is 13.0. The Morgan fingerprint density at radius 2 is 1.88 bits per heavy atom. The lowest BCUT2D eigenvalue weighted by Crippen LogP contribution is -2.47. The summed E-state index contributed by atoms with van der Waals surface area (Å²) in [5.74, 6) is 0.689. The molecule has 2 aliphatic heterocycles. The first kappa shape index (κ1) is 14.9. The molecule has 0 N–H and O–H groups in total. The van der Waals surface area contributed by atoms with Crippen LogP contribution in [0.3, 0.4) is 0 Å². The molecule has 5 rings (SSSR count). The molecule has 1 aromatic carbocycles. The third-order valence-corrected chi connectivity index (χ3v) is 7.01. The molecule has 2 aliphatic carbocycles.